The van der Waals surface area contributed by atoms with Crippen molar-refractivity contribution < 1.29 is 4.74 Å². The van der Waals surface area contributed by atoms with E-state index in [-0.39, 0.29) is 0 Å². The largest absolute Gasteiger partial charge is 0.496 e. The van der Waals surface area contributed by atoms with Crippen LogP contribution in [-0.4, -0.2) is 44.3 Å². The van der Waals surface area contributed by atoms with Crippen LogP contribution in [0, 0.1) is 27.7 Å². The number of piperidine rings is 1. The van der Waals surface area contributed by atoms with Crippen LogP contribution in [0.4, 0.5) is 0 Å². The molecule has 6 nitrogen and oxygen atoms in total. The number of aromatic nitrogens is 4. The van der Waals surface area contributed by atoms with Crippen LogP contribution in [0.2, 0.25) is 0 Å². The van der Waals surface area contributed by atoms with Crippen molar-refractivity contribution in [2.45, 2.75) is 66.1 Å². The van der Waals surface area contributed by atoms with E-state index in [0.717, 1.165) is 53.9 Å². The van der Waals surface area contributed by atoms with E-state index in [1.165, 1.54) is 19.3 Å². The fourth-order valence-electron chi connectivity index (χ4n) is 3.83. The van der Waals surface area contributed by atoms with Gasteiger partial charge in [0, 0.05) is 29.9 Å². The summed E-state index contributed by atoms with van der Waals surface area (Å²) >= 11 is 0. The highest BCUT2D eigenvalue weighted by Gasteiger charge is 2.25. The number of ether oxygens (including phenoxy) is 1. The zero-order valence-corrected chi connectivity index (χ0v) is 16.0. The summed E-state index contributed by atoms with van der Waals surface area (Å²) in [7, 11) is 1.73. The van der Waals surface area contributed by atoms with Crippen LogP contribution in [0.3, 0.4) is 0 Å². The fourth-order valence-corrected chi connectivity index (χ4v) is 3.83. The van der Waals surface area contributed by atoms with Crippen molar-refractivity contribution >= 4 is 0 Å². The summed E-state index contributed by atoms with van der Waals surface area (Å²) in [4.78, 5) is 11.7. The maximum Gasteiger partial charge on any atom is 0.147 e. The van der Waals surface area contributed by atoms with E-state index in [4.69, 9.17) is 4.74 Å². The van der Waals surface area contributed by atoms with Gasteiger partial charge in [0.15, 0.2) is 0 Å². The van der Waals surface area contributed by atoms with Crippen LogP contribution in [0.1, 0.15) is 47.7 Å². The number of hydrogen-bond acceptors (Lipinski definition) is 5. The Morgan fingerprint density at radius 3 is 2.68 bits per heavy atom. The van der Waals surface area contributed by atoms with Crippen LogP contribution in [0.15, 0.2) is 6.20 Å². The standard InChI is InChI=1S/C19H29N5O/c1-13-10-20-18(14(2)19(13)25-5)12-23-9-7-6-8-17(23)11-24-16(4)21-15(3)22-24/h10,17H,6-9,11-12H2,1-5H3. The molecule has 1 fully saturated rings. The molecule has 1 aliphatic rings. The first-order valence-corrected chi connectivity index (χ1v) is 9.10. The average Bonchev–Trinajstić information content (AvgIpc) is 2.90. The molecule has 1 aliphatic heterocycles. The summed E-state index contributed by atoms with van der Waals surface area (Å²) in [5.74, 6) is 2.80. The normalized spacial score (nSPS) is 18.5. The van der Waals surface area contributed by atoms with Gasteiger partial charge in [0.25, 0.3) is 0 Å². The molecule has 2 aromatic heterocycles. The molecular weight excluding hydrogens is 314 g/mol. The molecule has 6 heteroatoms. The van der Waals surface area contributed by atoms with Crippen molar-refractivity contribution in [2.24, 2.45) is 0 Å². The Hall–Kier alpha value is -1.95. The van der Waals surface area contributed by atoms with E-state index in [1.807, 2.05) is 31.6 Å². The molecule has 0 aromatic carbocycles. The first-order valence-electron chi connectivity index (χ1n) is 9.10. The van der Waals surface area contributed by atoms with E-state index in [0.29, 0.717) is 6.04 Å². The van der Waals surface area contributed by atoms with Crippen LogP contribution in [-0.2, 0) is 13.1 Å². The summed E-state index contributed by atoms with van der Waals surface area (Å²) in [6, 6.07) is 0.474. The molecule has 136 valence electrons. The van der Waals surface area contributed by atoms with Crippen LogP contribution in [0.5, 0.6) is 5.75 Å². The van der Waals surface area contributed by atoms with E-state index in [9.17, 15) is 0 Å². The van der Waals surface area contributed by atoms with Gasteiger partial charge in [-0.05, 0) is 47.1 Å². The third-order valence-corrected chi connectivity index (χ3v) is 5.20. The first kappa shape index (κ1) is 17.9. The Morgan fingerprint density at radius 2 is 2.00 bits per heavy atom. The molecule has 25 heavy (non-hydrogen) atoms. The summed E-state index contributed by atoms with van der Waals surface area (Å²) in [5.41, 5.74) is 3.35. The molecule has 0 bridgehead atoms. The van der Waals surface area contributed by atoms with E-state index < -0.39 is 0 Å². The van der Waals surface area contributed by atoms with Gasteiger partial charge in [0.05, 0.1) is 19.3 Å². The van der Waals surface area contributed by atoms with Gasteiger partial charge in [-0.1, -0.05) is 6.42 Å². The highest BCUT2D eigenvalue weighted by molar-refractivity contribution is 5.41. The molecule has 3 rings (SSSR count). The minimum Gasteiger partial charge on any atom is -0.496 e. The van der Waals surface area contributed by atoms with Crippen molar-refractivity contribution in [3.05, 3.63) is 34.7 Å². The third-order valence-electron chi connectivity index (χ3n) is 5.20. The molecule has 0 saturated carbocycles. The number of nitrogens with zero attached hydrogens (tertiary/aromatic N) is 5. The maximum atomic E-state index is 5.57. The lowest BCUT2D eigenvalue weighted by atomic mass is 10.0. The van der Waals surface area contributed by atoms with Gasteiger partial charge in [-0.15, -0.1) is 0 Å². The smallest absolute Gasteiger partial charge is 0.147 e. The van der Waals surface area contributed by atoms with Crippen LogP contribution < -0.4 is 4.74 Å². The number of hydrogen-bond donors (Lipinski definition) is 0. The van der Waals surface area contributed by atoms with Gasteiger partial charge >= 0.3 is 0 Å². The quantitative estimate of drug-likeness (QED) is 0.835. The zero-order chi connectivity index (χ0) is 18.0. The molecule has 1 saturated heterocycles. The molecule has 0 spiro atoms. The van der Waals surface area contributed by atoms with Gasteiger partial charge in [0.1, 0.15) is 17.4 Å². The molecule has 1 atom stereocenters. The van der Waals surface area contributed by atoms with Crippen molar-refractivity contribution in [3.63, 3.8) is 0 Å². The predicted molar refractivity (Wildman–Crippen MR) is 97.8 cm³/mol. The van der Waals surface area contributed by atoms with Crippen molar-refractivity contribution in [3.8, 4) is 5.75 Å². The second-order valence-electron chi connectivity index (χ2n) is 7.05. The molecule has 0 aliphatic carbocycles. The lowest BCUT2D eigenvalue weighted by molar-refractivity contribution is 0.119. The van der Waals surface area contributed by atoms with Crippen LogP contribution in [0.25, 0.3) is 0 Å². The molecule has 1 unspecified atom stereocenters. The molecule has 2 aromatic rings. The summed E-state index contributed by atoms with van der Waals surface area (Å²) < 4.78 is 7.62. The minimum atomic E-state index is 0.474. The second-order valence-corrected chi connectivity index (χ2v) is 7.05. The average molecular weight is 343 g/mol. The number of likely N-dealkylation sites (tertiary alicyclic amines) is 1. The van der Waals surface area contributed by atoms with Gasteiger partial charge in [0.2, 0.25) is 0 Å². The number of methoxy groups -OCH3 is 1. The van der Waals surface area contributed by atoms with E-state index in [1.54, 1.807) is 7.11 Å². The zero-order valence-electron chi connectivity index (χ0n) is 16.0. The lowest BCUT2D eigenvalue weighted by Gasteiger charge is -2.36. The monoisotopic (exact) mass is 343 g/mol. The molecule has 0 radical (unpaired) electrons. The summed E-state index contributed by atoms with van der Waals surface area (Å²) in [6.07, 6.45) is 5.64. The molecule has 0 amide bonds. The van der Waals surface area contributed by atoms with Crippen LogP contribution >= 0.6 is 0 Å². The summed E-state index contributed by atoms with van der Waals surface area (Å²) in [6.45, 7) is 11.0. The number of aryl methyl sites for hydroxylation is 3. The highest BCUT2D eigenvalue weighted by atomic mass is 16.5. The number of pyridine rings is 1. The fraction of sp³-hybridized carbons (Fsp3) is 0.632. The van der Waals surface area contributed by atoms with E-state index >= 15 is 0 Å². The Morgan fingerprint density at radius 1 is 1.20 bits per heavy atom. The van der Waals surface area contributed by atoms with Crippen molar-refractivity contribution in [1.82, 2.24) is 24.6 Å². The SMILES string of the molecule is COc1c(C)cnc(CN2CCCCC2Cn2nc(C)nc2C)c1C. The first-order chi connectivity index (χ1) is 12.0. The Balaban J connectivity index is 1.79. The minimum absolute atomic E-state index is 0.474. The predicted octanol–water partition coefficient (Wildman–Crippen LogP) is 2.97. The number of rotatable bonds is 5. The maximum absolute atomic E-state index is 5.57. The van der Waals surface area contributed by atoms with Gasteiger partial charge in [-0.3, -0.25) is 9.88 Å². The van der Waals surface area contributed by atoms with Gasteiger partial charge < -0.3 is 4.74 Å². The molecular formula is C19H29N5O. The van der Waals surface area contributed by atoms with Gasteiger partial charge in [-0.2, -0.15) is 5.10 Å². The van der Waals surface area contributed by atoms with Gasteiger partial charge in [-0.25, -0.2) is 9.67 Å². The molecule has 0 N–H and O–H groups in total. The Bertz CT molecular complexity index is 740. The highest BCUT2D eigenvalue weighted by Crippen LogP contribution is 2.27. The second kappa shape index (κ2) is 7.52. The molecule has 3 heterocycles. The van der Waals surface area contributed by atoms with Crippen molar-refractivity contribution in [2.75, 3.05) is 13.7 Å². The third kappa shape index (κ3) is 3.84. The Kier molecular flexibility index (Phi) is 5.37. The Labute approximate surface area is 150 Å². The van der Waals surface area contributed by atoms with E-state index in [2.05, 4.69) is 26.9 Å². The summed E-state index contributed by atoms with van der Waals surface area (Å²) in [5, 5.41) is 4.55. The topological polar surface area (TPSA) is 56.1 Å². The van der Waals surface area contributed by atoms with Crippen molar-refractivity contribution in [1.29, 1.82) is 0 Å². The lowest BCUT2D eigenvalue weighted by Crippen LogP contribution is -2.42.